The van der Waals surface area contributed by atoms with Crippen LogP contribution in [0.15, 0.2) is 0 Å². The molecule has 0 bridgehead atoms. The first-order valence-corrected chi connectivity index (χ1v) is 6.88. The van der Waals surface area contributed by atoms with Crippen LogP contribution in [0, 0.1) is 0 Å². The molecule has 0 radical (unpaired) electrons. The van der Waals surface area contributed by atoms with Crippen LogP contribution in [-0.2, 0) is 0 Å². The topological polar surface area (TPSA) is 35.5 Å². The van der Waals surface area contributed by atoms with E-state index in [0.29, 0.717) is 17.8 Å². The van der Waals surface area contributed by atoms with Gasteiger partial charge in [0.15, 0.2) is 0 Å². The molecule has 2 atom stereocenters. The third-order valence-electron chi connectivity index (χ3n) is 2.56. The lowest BCUT2D eigenvalue weighted by molar-refractivity contribution is 0.112. The van der Waals surface area contributed by atoms with E-state index in [9.17, 15) is 5.11 Å². The monoisotopic (exact) mass is 232 g/mol. The Morgan fingerprint density at radius 3 is 2.87 bits per heavy atom. The summed E-state index contributed by atoms with van der Waals surface area (Å²) in [6.45, 7) is 10.2. The zero-order chi connectivity index (χ0) is 11.3. The summed E-state index contributed by atoms with van der Waals surface area (Å²) in [6.07, 6.45) is -0.234. The van der Waals surface area contributed by atoms with Gasteiger partial charge in [0.05, 0.1) is 6.10 Å². The molecule has 90 valence electrons. The number of hydrogen-bond donors (Lipinski definition) is 2. The number of nitrogens with one attached hydrogen (secondary N) is 1. The fourth-order valence-corrected chi connectivity index (χ4v) is 2.87. The van der Waals surface area contributed by atoms with E-state index in [2.05, 4.69) is 31.0 Å². The maximum atomic E-state index is 9.83. The van der Waals surface area contributed by atoms with E-state index >= 15 is 0 Å². The smallest absolute Gasteiger partial charge is 0.0791 e. The van der Waals surface area contributed by atoms with Gasteiger partial charge in [0.1, 0.15) is 0 Å². The van der Waals surface area contributed by atoms with Gasteiger partial charge in [-0.3, -0.25) is 4.90 Å². The van der Waals surface area contributed by atoms with Crippen molar-refractivity contribution in [1.29, 1.82) is 0 Å². The van der Waals surface area contributed by atoms with Gasteiger partial charge in [0, 0.05) is 43.2 Å². The highest BCUT2D eigenvalue weighted by molar-refractivity contribution is 7.99. The molecule has 0 saturated carbocycles. The van der Waals surface area contributed by atoms with Gasteiger partial charge in [-0.25, -0.2) is 0 Å². The highest BCUT2D eigenvalue weighted by atomic mass is 32.2. The minimum absolute atomic E-state index is 0.234. The molecule has 1 rings (SSSR count). The molecule has 2 N–H and O–H groups in total. The fourth-order valence-electron chi connectivity index (χ4n) is 1.79. The predicted molar refractivity (Wildman–Crippen MR) is 67.5 cm³/mol. The van der Waals surface area contributed by atoms with Gasteiger partial charge in [0.2, 0.25) is 0 Å². The van der Waals surface area contributed by atoms with Crippen LogP contribution in [0.25, 0.3) is 0 Å². The summed E-state index contributed by atoms with van der Waals surface area (Å²) in [5.74, 6) is 1.20. The summed E-state index contributed by atoms with van der Waals surface area (Å²) < 4.78 is 0. The molecule has 2 unspecified atom stereocenters. The summed E-state index contributed by atoms with van der Waals surface area (Å²) in [6, 6.07) is 0.454. The fraction of sp³-hybridized carbons (Fsp3) is 1.00. The molecule has 1 aliphatic heterocycles. The van der Waals surface area contributed by atoms with Crippen molar-refractivity contribution in [1.82, 2.24) is 10.2 Å². The third-order valence-corrected chi connectivity index (χ3v) is 3.69. The lowest BCUT2D eigenvalue weighted by Crippen LogP contribution is -2.44. The van der Waals surface area contributed by atoms with Crippen molar-refractivity contribution in [2.75, 3.05) is 31.9 Å². The Morgan fingerprint density at radius 1 is 1.53 bits per heavy atom. The molecule has 0 aromatic carbocycles. The highest BCUT2D eigenvalue weighted by Gasteiger charge is 2.18. The van der Waals surface area contributed by atoms with Gasteiger partial charge >= 0.3 is 0 Å². The molecule has 1 aliphatic rings. The Morgan fingerprint density at radius 2 is 2.27 bits per heavy atom. The van der Waals surface area contributed by atoms with E-state index in [4.69, 9.17) is 0 Å². The van der Waals surface area contributed by atoms with Crippen molar-refractivity contribution < 1.29 is 5.11 Å². The largest absolute Gasteiger partial charge is 0.390 e. The molecule has 1 heterocycles. The van der Waals surface area contributed by atoms with Crippen LogP contribution in [0.3, 0.4) is 0 Å². The summed E-state index contributed by atoms with van der Waals surface area (Å²) >= 11 is 2.03. The highest BCUT2D eigenvalue weighted by Crippen LogP contribution is 2.17. The molecule has 1 saturated heterocycles. The summed E-state index contributed by atoms with van der Waals surface area (Å²) in [5, 5.41) is 13.8. The maximum absolute atomic E-state index is 9.83. The molecule has 0 aromatic rings. The molecular formula is C11H24N2OS. The van der Waals surface area contributed by atoms with E-state index in [-0.39, 0.29) is 6.10 Å². The molecule has 0 amide bonds. The Balaban J connectivity index is 2.16. The first kappa shape index (κ1) is 13.3. The number of aliphatic hydroxyl groups excluding tert-OH is 1. The summed E-state index contributed by atoms with van der Waals surface area (Å²) in [7, 11) is 0. The number of rotatable bonds is 5. The lowest BCUT2D eigenvalue weighted by Gasteiger charge is -2.32. The van der Waals surface area contributed by atoms with Crippen molar-refractivity contribution in [2.45, 2.75) is 38.2 Å². The van der Waals surface area contributed by atoms with Crippen LogP contribution in [0.2, 0.25) is 0 Å². The molecule has 0 aromatic heterocycles. The van der Waals surface area contributed by atoms with Gasteiger partial charge in [-0.05, 0) is 0 Å². The minimum atomic E-state index is -0.234. The first-order valence-electron chi connectivity index (χ1n) is 5.83. The summed E-state index contributed by atoms with van der Waals surface area (Å²) in [4.78, 5) is 2.37. The second-order valence-corrected chi connectivity index (χ2v) is 6.20. The number of aliphatic hydroxyl groups is 1. The molecule has 3 nitrogen and oxygen atoms in total. The normalized spacial score (nSPS) is 25.8. The molecule has 0 spiro atoms. The van der Waals surface area contributed by atoms with Crippen molar-refractivity contribution in [2.24, 2.45) is 0 Å². The molecule has 0 aliphatic carbocycles. The van der Waals surface area contributed by atoms with Crippen molar-refractivity contribution in [3.05, 3.63) is 0 Å². The Kier molecular flexibility index (Phi) is 5.97. The zero-order valence-electron chi connectivity index (χ0n) is 10.1. The van der Waals surface area contributed by atoms with Gasteiger partial charge in [-0.2, -0.15) is 11.8 Å². The molecule has 4 heteroatoms. The Hall–Kier alpha value is 0.230. The van der Waals surface area contributed by atoms with Crippen LogP contribution in [0.4, 0.5) is 0 Å². The van der Waals surface area contributed by atoms with Crippen LogP contribution >= 0.6 is 11.8 Å². The Labute approximate surface area is 97.6 Å². The second-order valence-electron chi connectivity index (χ2n) is 4.66. The number of hydrogen-bond acceptors (Lipinski definition) is 4. The van der Waals surface area contributed by atoms with Gasteiger partial charge in [0.25, 0.3) is 0 Å². The molecule has 15 heavy (non-hydrogen) atoms. The minimum Gasteiger partial charge on any atom is -0.390 e. The quantitative estimate of drug-likeness (QED) is 0.734. The first-order chi connectivity index (χ1) is 7.08. The third kappa shape index (κ3) is 5.76. The average molecular weight is 232 g/mol. The van der Waals surface area contributed by atoms with Crippen LogP contribution in [-0.4, -0.2) is 59.3 Å². The van der Waals surface area contributed by atoms with Crippen molar-refractivity contribution in [3.63, 3.8) is 0 Å². The predicted octanol–water partition coefficient (Wildman–Crippen LogP) is 0.783. The molecular weight excluding hydrogens is 208 g/mol. The van der Waals surface area contributed by atoms with E-state index < -0.39 is 0 Å². The zero-order valence-corrected chi connectivity index (χ0v) is 10.9. The number of nitrogens with zero attached hydrogens (tertiary/aromatic N) is 1. The maximum Gasteiger partial charge on any atom is 0.0791 e. The SMILES string of the molecule is CC(C)NCC(O)CN1CCSC(C)C1. The second kappa shape index (κ2) is 6.74. The van der Waals surface area contributed by atoms with E-state index in [1.54, 1.807) is 0 Å². The van der Waals surface area contributed by atoms with E-state index in [0.717, 1.165) is 19.6 Å². The van der Waals surface area contributed by atoms with Crippen molar-refractivity contribution >= 4 is 11.8 Å². The average Bonchev–Trinajstić information content (AvgIpc) is 2.15. The van der Waals surface area contributed by atoms with Gasteiger partial charge < -0.3 is 10.4 Å². The molecule has 1 fully saturated rings. The van der Waals surface area contributed by atoms with Crippen molar-refractivity contribution in [3.8, 4) is 0 Å². The van der Waals surface area contributed by atoms with E-state index in [1.165, 1.54) is 5.75 Å². The number of β-amino-alcohol motifs (C(OH)–C–C–N with tert-alkyl or cyclic N) is 1. The Bertz CT molecular complexity index is 178. The lowest BCUT2D eigenvalue weighted by atomic mass is 10.2. The standard InChI is InChI=1S/C11H24N2OS/c1-9(2)12-6-11(14)8-13-4-5-15-10(3)7-13/h9-12,14H,4-8H2,1-3H3. The van der Waals surface area contributed by atoms with Gasteiger partial charge in [-0.1, -0.05) is 20.8 Å². The van der Waals surface area contributed by atoms with Gasteiger partial charge in [-0.15, -0.1) is 0 Å². The van der Waals surface area contributed by atoms with Crippen LogP contribution in [0.5, 0.6) is 0 Å². The number of thioether (sulfide) groups is 1. The van der Waals surface area contributed by atoms with E-state index in [1.807, 2.05) is 11.8 Å². The summed E-state index contributed by atoms with van der Waals surface area (Å²) in [5.41, 5.74) is 0. The van der Waals surface area contributed by atoms with Crippen LogP contribution < -0.4 is 5.32 Å². The van der Waals surface area contributed by atoms with Crippen LogP contribution in [0.1, 0.15) is 20.8 Å².